The first-order valence-electron chi connectivity index (χ1n) is 14.7. The minimum absolute atomic E-state index is 0.0975. The van der Waals surface area contributed by atoms with Gasteiger partial charge in [0.05, 0.1) is 37.8 Å². The summed E-state index contributed by atoms with van der Waals surface area (Å²) in [4.78, 5) is 51.7. The van der Waals surface area contributed by atoms with Crippen molar-refractivity contribution in [1.82, 2.24) is 0 Å². The Kier molecular flexibility index (Phi) is 6.33. The quantitative estimate of drug-likeness (QED) is 0.373. The summed E-state index contributed by atoms with van der Waals surface area (Å²) in [6, 6.07) is 1.70. The van der Waals surface area contributed by atoms with E-state index in [9.17, 15) is 29.4 Å². The second-order valence-corrected chi connectivity index (χ2v) is 14.2. The molecule has 2 bridgehead atoms. The molecule has 1 spiro atoms. The van der Waals surface area contributed by atoms with Crippen molar-refractivity contribution >= 4 is 23.9 Å². The zero-order chi connectivity index (χ0) is 31.5. The molecule has 2 saturated carbocycles. The van der Waals surface area contributed by atoms with Gasteiger partial charge in [-0.05, 0) is 18.4 Å². The number of carbonyl (C=O) groups excluding carboxylic acids is 4. The van der Waals surface area contributed by atoms with E-state index in [1.54, 1.807) is 26.8 Å². The van der Waals surface area contributed by atoms with Gasteiger partial charge >= 0.3 is 23.9 Å². The molecule has 6 rings (SSSR count). The van der Waals surface area contributed by atoms with Gasteiger partial charge in [-0.25, -0.2) is 0 Å². The van der Waals surface area contributed by atoms with Crippen LogP contribution in [0.5, 0.6) is 0 Å². The van der Waals surface area contributed by atoms with Crippen molar-refractivity contribution in [2.75, 3.05) is 7.11 Å². The second kappa shape index (κ2) is 9.04. The van der Waals surface area contributed by atoms with Crippen LogP contribution in [0.2, 0.25) is 0 Å². The highest BCUT2D eigenvalue weighted by Gasteiger charge is 2.94. The number of rotatable bonds is 5. The average Bonchev–Trinajstić information content (AvgIpc) is 3.56. The molecule has 12 heteroatoms. The Labute approximate surface area is 249 Å². The van der Waals surface area contributed by atoms with E-state index >= 15 is 0 Å². The molecule has 2 N–H and O–H groups in total. The van der Waals surface area contributed by atoms with Crippen molar-refractivity contribution in [3.8, 4) is 0 Å². The van der Waals surface area contributed by atoms with E-state index in [0.29, 0.717) is 5.56 Å². The van der Waals surface area contributed by atoms with Crippen LogP contribution in [-0.4, -0.2) is 70.4 Å². The molecule has 0 aromatic carbocycles. The van der Waals surface area contributed by atoms with Crippen molar-refractivity contribution < 1.29 is 57.5 Å². The van der Waals surface area contributed by atoms with E-state index < -0.39 is 93.2 Å². The molecule has 3 saturated heterocycles. The number of hydrogen-bond donors (Lipinski definition) is 2. The largest absolute Gasteiger partial charge is 0.472 e. The fourth-order valence-electron chi connectivity index (χ4n) is 10.7. The summed E-state index contributed by atoms with van der Waals surface area (Å²) in [5, 5.41) is 25.2. The number of aliphatic hydroxyl groups excluding tert-OH is 1. The van der Waals surface area contributed by atoms with Gasteiger partial charge < -0.3 is 38.3 Å². The summed E-state index contributed by atoms with van der Waals surface area (Å²) in [6.07, 6.45) is -0.481. The monoisotopic (exact) mass is 604 g/mol. The number of cyclic esters (lactones) is 1. The van der Waals surface area contributed by atoms with E-state index in [1.807, 2.05) is 6.92 Å². The number of fused-ring (bicyclic) bond motifs is 2. The minimum atomic E-state index is -2.33. The van der Waals surface area contributed by atoms with E-state index in [4.69, 9.17) is 28.1 Å². The van der Waals surface area contributed by atoms with Gasteiger partial charge in [0.2, 0.25) is 11.4 Å². The van der Waals surface area contributed by atoms with E-state index in [1.165, 1.54) is 33.5 Å². The van der Waals surface area contributed by atoms with E-state index in [0.717, 1.165) is 0 Å². The molecule has 236 valence electrons. The zero-order valence-electron chi connectivity index (χ0n) is 25.5. The van der Waals surface area contributed by atoms with Gasteiger partial charge in [-0.15, -0.1) is 0 Å². The van der Waals surface area contributed by atoms with Crippen molar-refractivity contribution in [3.05, 3.63) is 24.2 Å². The molecule has 43 heavy (non-hydrogen) atoms. The summed E-state index contributed by atoms with van der Waals surface area (Å²) >= 11 is 0. The smallest absolute Gasteiger partial charge is 0.306 e. The zero-order valence-corrected chi connectivity index (χ0v) is 25.5. The Balaban J connectivity index is 1.63. The van der Waals surface area contributed by atoms with E-state index in [2.05, 4.69) is 0 Å². The first-order chi connectivity index (χ1) is 19.9. The van der Waals surface area contributed by atoms with Crippen molar-refractivity contribution in [1.29, 1.82) is 0 Å². The molecule has 1 aromatic rings. The topological polar surface area (TPSA) is 168 Å². The van der Waals surface area contributed by atoms with Gasteiger partial charge in [-0.1, -0.05) is 27.7 Å². The maximum atomic E-state index is 13.3. The lowest BCUT2D eigenvalue weighted by molar-refractivity contribution is -0.377. The van der Waals surface area contributed by atoms with Crippen molar-refractivity contribution in [2.24, 2.45) is 34.0 Å². The molecule has 4 heterocycles. The molecule has 11 atom stereocenters. The first-order valence-corrected chi connectivity index (χ1v) is 14.7. The number of methoxy groups -OCH3 is 1. The summed E-state index contributed by atoms with van der Waals surface area (Å²) in [7, 11) is 1.26. The lowest BCUT2D eigenvalue weighted by Gasteiger charge is -2.69. The van der Waals surface area contributed by atoms with Crippen LogP contribution in [-0.2, 0) is 42.9 Å². The van der Waals surface area contributed by atoms with Gasteiger partial charge in [0, 0.05) is 60.3 Å². The van der Waals surface area contributed by atoms with E-state index in [-0.39, 0.29) is 25.7 Å². The lowest BCUT2D eigenvalue weighted by atomic mass is 9.35. The summed E-state index contributed by atoms with van der Waals surface area (Å²) in [6.45, 7) is 9.63. The number of aliphatic hydroxyl groups is 2. The molecule has 0 radical (unpaired) electrons. The molecule has 3 aliphatic heterocycles. The number of carbonyl (C=O) groups is 4. The van der Waals surface area contributed by atoms with Gasteiger partial charge in [0.1, 0.15) is 6.10 Å². The number of hydrogen-bond acceptors (Lipinski definition) is 12. The molecule has 5 fully saturated rings. The second-order valence-electron chi connectivity index (χ2n) is 14.2. The molecule has 5 aliphatic rings. The predicted molar refractivity (Wildman–Crippen MR) is 143 cm³/mol. The van der Waals surface area contributed by atoms with Crippen molar-refractivity contribution in [3.63, 3.8) is 0 Å². The molecule has 2 aliphatic carbocycles. The maximum absolute atomic E-state index is 13.3. The number of ether oxygens (including phenoxy) is 5. The van der Waals surface area contributed by atoms with Crippen LogP contribution in [0, 0.1) is 34.0 Å². The molecule has 0 unspecified atom stereocenters. The highest BCUT2D eigenvalue weighted by Crippen LogP contribution is 2.82. The van der Waals surface area contributed by atoms with Crippen LogP contribution in [0.4, 0.5) is 0 Å². The summed E-state index contributed by atoms with van der Waals surface area (Å²) in [5.74, 6) is -7.06. The normalized spacial score (nSPS) is 47.1. The lowest BCUT2D eigenvalue weighted by Crippen LogP contribution is -2.82. The van der Waals surface area contributed by atoms with Crippen LogP contribution in [0.25, 0.3) is 0 Å². The fourth-order valence-corrected chi connectivity index (χ4v) is 10.7. The first kappa shape index (κ1) is 30.1. The summed E-state index contributed by atoms with van der Waals surface area (Å²) < 4.78 is 35.1. The Morgan fingerprint density at radius 1 is 1.12 bits per heavy atom. The van der Waals surface area contributed by atoms with Crippen LogP contribution in [0.15, 0.2) is 23.0 Å². The molecule has 12 nitrogen and oxygen atoms in total. The molecular formula is C31H40O12. The molecule has 0 amide bonds. The van der Waals surface area contributed by atoms with Gasteiger partial charge in [-0.3, -0.25) is 19.2 Å². The number of furan rings is 1. The van der Waals surface area contributed by atoms with Crippen LogP contribution < -0.4 is 0 Å². The van der Waals surface area contributed by atoms with Crippen LogP contribution in [0.1, 0.15) is 78.9 Å². The van der Waals surface area contributed by atoms with Gasteiger partial charge in [0.15, 0.2) is 6.10 Å². The average molecular weight is 605 g/mol. The van der Waals surface area contributed by atoms with Gasteiger partial charge in [0.25, 0.3) is 0 Å². The predicted octanol–water partition coefficient (Wildman–Crippen LogP) is 2.59. The van der Waals surface area contributed by atoms with Crippen LogP contribution >= 0.6 is 0 Å². The third kappa shape index (κ3) is 3.48. The Hall–Kier alpha value is -2.96. The standard InChI is InChI=1S/C31H40O12/c1-15(32)40-25-26(3,4)19(10-21(35)38-7)28(6)23-18(34)12-27(5)20(11-22(36)41-24(27)17-8-9-39-13-17)29(23)14-30(25,42-16(2)33)31(28,37)43-29/h8-9,13,18-20,23-25,34,37H,10-12,14H2,1-7H3/t18-,19+,20-,23-,24+,25+,27-,28+,29+,30-,31-/m1/s1. The minimum Gasteiger partial charge on any atom is -0.472 e. The fraction of sp³-hybridized carbons (Fsp3) is 0.742. The Morgan fingerprint density at radius 3 is 2.40 bits per heavy atom. The van der Waals surface area contributed by atoms with Gasteiger partial charge in [-0.2, -0.15) is 0 Å². The van der Waals surface area contributed by atoms with Crippen LogP contribution in [0.3, 0.4) is 0 Å². The maximum Gasteiger partial charge on any atom is 0.306 e. The highest BCUT2D eigenvalue weighted by atomic mass is 16.7. The third-order valence-corrected chi connectivity index (χ3v) is 11.8. The number of esters is 4. The third-order valence-electron chi connectivity index (χ3n) is 11.8. The highest BCUT2D eigenvalue weighted by molar-refractivity contribution is 5.73. The Morgan fingerprint density at radius 2 is 1.81 bits per heavy atom. The molecular weight excluding hydrogens is 564 g/mol. The summed E-state index contributed by atoms with van der Waals surface area (Å²) in [5.41, 5.74) is -6.22. The Bertz CT molecular complexity index is 1370. The SMILES string of the molecule is COC(=O)C[C@H]1C(C)(C)[C@H](OC(C)=O)[C@]2(OC(C)=O)C[C@@]34O[C@]2(O)[C@]1(C)[C@H]3[C@H](O)C[C@]1(C)[C@H]4CC(=O)O[C@H]1c1ccoc1. The van der Waals surface area contributed by atoms with Crippen molar-refractivity contribution in [2.45, 2.75) is 103 Å². The molecule has 1 aromatic heterocycles.